The second kappa shape index (κ2) is 8.85. The van der Waals surface area contributed by atoms with Crippen molar-refractivity contribution in [1.82, 2.24) is 9.44 Å². The van der Waals surface area contributed by atoms with Crippen molar-refractivity contribution in [2.45, 2.75) is 44.3 Å². The molecule has 2 atom stereocenters. The zero-order chi connectivity index (χ0) is 20.1. The first kappa shape index (κ1) is 22.1. The smallest absolute Gasteiger partial charge is 0.211 e. The summed E-state index contributed by atoms with van der Waals surface area (Å²) in [5.41, 5.74) is -1.34. The molecule has 0 radical (unpaired) electrons. The Morgan fingerprint density at radius 1 is 1.22 bits per heavy atom. The standard InChI is InChI=1S/C17H27FN2O5S2/c1-3-13-27(23,24)20-16-5-4-10-17(16,18)14-6-8-15(9-7-14)25-12-11-19-26(2,21)22/h6-9,16,19-20H,3-5,10-13H2,1-2H3. The predicted octanol–water partition coefficient (Wildman–Crippen LogP) is 1.66. The van der Waals surface area contributed by atoms with E-state index in [4.69, 9.17) is 4.74 Å². The predicted molar refractivity (Wildman–Crippen MR) is 102 cm³/mol. The number of sulfonamides is 2. The van der Waals surface area contributed by atoms with Gasteiger partial charge in [0.1, 0.15) is 12.4 Å². The van der Waals surface area contributed by atoms with Crippen LogP contribution in [0.2, 0.25) is 0 Å². The largest absolute Gasteiger partial charge is 0.492 e. The van der Waals surface area contributed by atoms with Crippen molar-refractivity contribution in [3.63, 3.8) is 0 Å². The number of rotatable bonds is 10. The summed E-state index contributed by atoms with van der Waals surface area (Å²) in [7, 11) is -6.77. The van der Waals surface area contributed by atoms with Gasteiger partial charge in [-0.3, -0.25) is 0 Å². The summed E-state index contributed by atoms with van der Waals surface area (Å²) in [6.07, 6.45) is 2.85. The zero-order valence-corrected chi connectivity index (χ0v) is 17.2. The van der Waals surface area contributed by atoms with E-state index < -0.39 is 31.8 Å². The fourth-order valence-electron chi connectivity index (χ4n) is 3.23. The summed E-state index contributed by atoms with van der Waals surface area (Å²) >= 11 is 0. The van der Waals surface area contributed by atoms with E-state index in [1.54, 1.807) is 31.2 Å². The minimum atomic E-state index is -3.50. The Balaban J connectivity index is 2.01. The minimum absolute atomic E-state index is 0.0200. The number of hydrogen-bond acceptors (Lipinski definition) is 5. The van der Waals surface area contributed by atoms with Crippen molar-refractivity contribution < 1.29 is 26.0 Å². The molecule has 1 saturated carbocycles. The molecule has 0 spiro atoms. The van der Waals surface area contributed by atoms with Crippen molar-refractivity contribution in [2.75, 3.05) is 25.2 Å². The van der Waals surface area contributed by atoms with Crippen molar-refractivity contribution >= 4 is 20.0 Å². The number of alkyl halides is 1. The van der Waals surface area contributed by atoms with E-state index in [0.717, 1.165) is 6.26 Å². The highest BCUT2D eigenvalue weighted by molar-refractivity contribution is 7.89. The van der Waals surface area contributed by atoms with Gasteiger partial charge in [0, 0.05) is 6.54 Å². The highest BCUT2D eigenvalue weighted by atomic mass is 32.2. The van der Waals surface area contributed by atoms with Gasteiger partial charge >= 0.3 is 0 Å². The second-order valence-electron chi connectivity index (χ2n) is 6.78. The van der Waals surface area contributed by atoms with Crippen LogP contribution in [0, 0.1) is 0 Å². The molecule has 154 valence electrons. The van der Waals surface area contributed by atoms with Crippen LogP contribution < -0.4 is 14.2 Å². The number of ether oxygens (including phenoxy) is 1. The quantitative estimate of drug-likeness (QED) is 0.559. The Morgan fingerprint density at radius 2 is 1.89 bits per heavy atom. The van der Waals surface area contributed by atoms with Crippen molar-refractivity contribution in [1.29, 1.82) is 0 Å². The normalized spacial score (nSPS) is 23.4. The van der Waals surface area contributed by atoms with Crippen LogP contribution in [0.3, 0.4) is 0 Å². The highest BCUT2D eigenvalue weighted by Crippen LogP contribution is 2.43. The van der Waals surface area contributed by atoms with E-state index in [-0.39, 0.29) is 25.3 Å². The van der Waals surface area contributed by atoms with Gasteiger partial charge < -0.3 is 4.74 Å². The van der Waals surface area contributed by atoms with Gasteiger partial charge in [-0.05, 0) is 43.4 Å². The lowest BCUT2D eigenvalue weighted by molar-refractivity contribution is 0.142. The Bertz CT molecular complexity index is 827. The third kappa shape index (κ3) is 6.41. The molecule has 0 aliphatic heterocycles. The molecule has 1 aliphatic carbocycles. The molecule has 0 heterocycles. The summed E-state index contributed by atoms with van der Waals surface area (Å²) in [5, 5.41) is 0. The molecule has 2 N–H and O–H groups in total. The van der Waals surface area contributed by atoms with Crippen molar-refractivity contribution in [3.8, 4) is 5.75 Å². The van der Waals surface area contributed by atoms with Gasteiger partial charge in [0.25, 0.3) is 0 Å². The molecule has 2 unspecified atom stereocenters. The zero-order valence-electron chi connectivity index (χ0n) is 15.6. The fraction of sp³-hybridized carbons (Fsp3) is 0.647. The molecule has 1 aromatic rings. The molecule has 0 saturated heterocycles. The molecule has 1 fully saturated rings. The molecule has 10 heteroatoms. The molecule has 0 amide bonds. The molecule has 0 aromatic heterocycles. The van der Waals surface area contributed by atoms with Gasteiger partial charge in [0.2, 0.25) is 20.0 Å². The summed E-state index contributed by atoms with van der Waals surface area (Å²) in [6, 6.07) is 5.61. The van der Waals surface area contributed by atoms with Crippen molar-refractivity contribution in [2.24, 2.45) is 0 Å². The number of halogens is 1. The molecule has 1 aliphatic rings. The lowest BCUT2D eigenvalue weighted by Gasteiger charge is -2.28. The maximum Gasteiger partial charge on any atom is 0.211 e. The molecular formula is C17H27FN2O5S2. The van der Waals surface area contributed by atoms with E-state index >= 15 is 4.39 Å². The monoisotopic (exact) mass is 422 g/mol. The van der Waals surface area contributed by atoms with Gasteiger partial charge in [-0.2, -0.15) is 0 Å². The Kier molecular flexibility index (Phi) is 7.23. The Hall–Kier alpha value is -1.23. The van der Waals surface area contributed by atoms with Crippen LogP contribution in [-0.2, 0) is 25.7 Å². The lowest BCUT2D eigenvalue weighted by Crippen LogP contribution is -2.45. The first-order valence-electron chi connectivity index (χ1n) is 8.92. The van der Waals surface area contributed by atoms with Crippen LogP contribution in [0.15, 0.2) is 24.3 Å². The number of nitrogens with one attached hydrogen (secondary N) is 2. The molecular weight excluding hydrogens is 395 g/mol. The van der Waals surface area contributed by atoms with Gasteiger partial charge in [-0.1, -0.05) is 19.1 Å². The van der Waals surface area contributed by atoms with E-state index in [1.807, 2.05) is 0 Å². The molecule has 1 aromatic carbocycles. The molecule has 2 rings (SSSR count). The topological polar surface area (TPSA) is 102 Å². The average molecular weight is 423 g/mol. The lowest BCUT2D eigenvalue weighted by atomic mass is 9.91. The van der Waals surface area contributed by atoms with Crippen LogP contribution >= 0.6 is 0 Å². The van der Waals surface area contributed by atoms with Crippen LogP contribution in [-0.4, -0.2) is 48.0 Å². The molecule has 0 bridgehead atoms. The van der Waals surface area contributed by atoms with Gasteiger partial charge in [0.15, 0.2) is 5.67 Å². The molecule has 7 nitrogen and oxygen atoms in total. The SMILES string of the molecule is CCCS(=O)(=O)NC1CCCC1(F)c1ccc(OCCNS(C)(=O)=O)cc1. The second-order valence-corrected chi connectivity index (χ2v) is 10.5. The fourth-order valence-corrected chi connectivity index (χ4v) is 5.08. The van der Waals surface area contributed by atoms with E-state index in [9.17, 15) is 16.8 Å². The Labute approximate surface area is 160 Å². The van der Waals surface area contributed by atoms with Gasteiger partial charge in [-0.15, -0.1) is 0 Å². The van der Waals surface area contributed by atoms with E-state index in [0.29, 0.717) is 30.6 Å². The number of hydrogen-bond donors (Lipinski definition) is 2. The maximum atomic E-state index is 15.6. The van der Waals surface area contributed by atoms with Crippen LogP contribution in [0.5, 0.6) is 5.75 Å². The summed E-state index contributed by atoms with van der Waals surface area (Å²) < 4.78 is 71.9. The van der Waals surface area contributed by atoms with E-state index in [2.05, 4.69) is 9.44 Å². The third-order valence-corrected chi connectivity index (χ3v) is 6.77. The summed E-state index contributed by atoms with van der Waals surface area (Å²) in [6.45, 7) is 2.04. The Morgan fingerprint density at radius 3 is 2.48 bits per heavy atom. The number of benzene rings is 1. The summed E-state index contributed by atoms with van der Waals surface area (Å²) in [5.74, 6) is 0.465. The first-order valence-corrected chi connectivity index (χ1v) is 12.5. The maximum absolute atomic E-state index is 15.6. The van der Waals surface area contributed by atoms with Crippen LogP contribution in [0.4, 0.5) is 4.39 Å². The van der Waals surface area contributed by atoms with Gasteiger partial charge in [0.05, 0.1) is 18.1 Å². The molecule has 27 heavy (non-hydrogen) atoms. The first-order chi connectivity index (χ1) is 12.6. The average Bonchev–Trinajstić information content (AvgIpc) is 2.92. The van der Waals surface area contributed by atoms with Crippen LogP contribution in [0.25, 0.3) is 0 Å². The van der Waals surface area contributed by atoms with Crippen molar-refractivity contribution in [3.05, 3.63) is 29.8 Å². The van der Waals surface area contributed by atoms with E-state index in [1.165, 1.54) is 0 Å². The third-order valence-electron chi connectivity index (χ3n) is 4.45. The van der Waals surface area contributed by atoms with Gasteiger partial charge in [-0.25, -0.2) is 30.7 Å². The minimum Gasteiger partial charge on any atom is -0.492 e. The van der Waals surface area contributed by atoms with Crippen LogP contribution in [0.1, 0.15) is 38.2 Å². The summed E-state index contributed by atoms with van der Waals surface area (Å²) in [4.78, 5) is 0. The highest BCUT2D eigenvalue weighted by Gasteiger charge is 2.46.